The summed E-state index contributed by atoms with van der Waals surface area (Å²) < 4.78 is 2.03. The molecular formula is C19H19N5O. The number of anilines is 1. The van der Waals surface area contributed by atoms with Crippen LogP contribution in [0, 0.1) is 24.2 Å². The minimum atomic E-state index is -0.248. The first-order chi connectivity index (χ1) is 12.1. The molecule has 25 heavy (non-hydrogen) atoms. The number of imidazole rings is 1. The number of nitrogens with zero attached hydrogens (tertiary/aromatic N) is 4. The summed E-state index contributed by atoms with van der Waals surface area (Å²) in [4.78, 5) is 18.5. The minimum Gasteiger partial charge on any atom is -0.369 e. The SMILES string of the molecule is Cc1cc(N2CCC[C@@H](C(N)=O)C2)n2c(nc3ccccc32)c1C#N. The molecule has 0 aliphatic carbocycles. The number of hydrogen-bond acceptors (Lipinski definition) is 4. The minimum absolute atomic E-state index is 0.144. The second-order valence-corrected chi connectivity index (χ2v) is 6.62. The molecule has 0 saturated carbocycles. The van der Waals surface area contributed by atoms with Gasteiger partial charge in [-0.2, -0.15) is 5.26 Å². The number of nitrogens with two attached hydrogens (primary N) is 1. The number of fused-ring (bicyclic) bond motifs is 3. The van der Waals surface area contributed by atoms with E-state index in [0.29, 0.717) is 17.8 Å². The van der Waals surface area contributed by atoms with E-state index in [0.717, 1.165) is 41.8 Å². The van der Waals surface area contributed by atoms with Crippen LogP contribution in [0.25, 0.3) is 16.7 Å². The van der Waals surface area contributed by atoms with Gasteiger partial charge in [0.25, 0.3) is 0 Å². The van der Waals surface area contributed by atoms with Crippen LogP contribution in [0.1, 0.15) is 24.0 Å². The Bertz CT molecular complexity index is 1030. The number of aryl methyl sites for hydroxylation is 1. The Labute approximate surface area is 145 Å². The van der Waals surface area contributed by atoms with E-state index in [4.69, 9.17) is 5.73 Å². The first-order valence-corrected chi connectivity index (χ1v) is 8.45. The molecule has 1 aliphatic rings. The molecule has 1 fully saturated rings. The Kier molecular flexibility index (Phi) is 3.57. The second kappa shape index (κ2) is 5.78. The van der Waals surface area contributed by atoms with Crippen LogP contribution < -0.4 is 10.6 Å². The normalized spacial score (nSPS) is 17.8. The molecule has 1 aliphatic heterocycles. The highest BCUT2D eigenvalue weighted by Gasteiger charge is 2.27. The smallest absolute Gasteiger partial charge is 0.222 e. The number of rotatable bonds is 2. The largest absolute Gasteiger partial charge is 0.369 e. The highest BCUT2D eigenvalue weighted by molar-refractivity contribution is 5.85. The fourth-order valence-electron chi connectivity index (χ4n) is 3.72. The zero-order valence-electron chi connectivity index (χ0n) is 14.1. The Balaban J connectivity index is 1.97. The molecule has 1 amide bonds. The first-order valence-electron chi connectivity index (χ1n) is 8.45. The molecule has 2 aromatic heterocycles. The molecule has 4 rings (SSSR count). The number of primary amides is 1. The second-order valence-electron chi connectivity index (χ2n) is 6.62. The van der Waals surface area contributed by atoms with Crippen LogP contribution in [0.4, 0.5) is 5.82 Å². The van der Waals surface area contributed by atoms with Gasteiger partial charge in [0.15, 0.2) is 5.65 Å². The number of hydrogen-bond donors (Lipinski definition) is 1. The third-order valence-corrected chi connectivity index (χ3v) is 5.01. The van der Waals surface area contributed by atoms with Crippen molar-refractivity contribution in [2.24, 2.45) is 11.7 Å². The van der Waals surface area contributed by atoms with Crippen LogP contribution in [-0.4, -0.2) is 28.4 Å². The summed E-state index contributed by atoms with van der Waals surface area (Å²) in [7, 11) is 0. The average molecular weight is 333 g/mol. The van der Waals surface area contributed by atoms with Gasteiger partial charge in [-0.15, -0.1) is 0 Å². The summed E-state index contributed by atoms with van der Waals surface area (Å²) >= 11 is 0. The van der Waals surface area contributed by atoms with Crippen LogP contribution in [0.5, 0.6) is 0 Å². The van der Waals surface area contributed by atoms with Crippen molar-refractivity contribution in [1.29, 1.82) is 5.26 Å². The highest BCUT2D eigenvalue weighted by atomic mass is 16.1. The van der Waals surface area contributed by atoms with Crippen LogP contribution in [0.3, 0.4) is 0 Å². The van der Waals surface area contributed by atoms with Crippen LogP contribution >= 0.6 is 0 Å². The summed E-state index contributed by atoms with van der Waals surface area (Å²) in [6.07, 6.45) is 1.75. The maximum atomic E-state index is 11.7. The molecule has 6 nitrogen and oxygen atoms in total. The Morgan fingerprint density at radius 2 is 2.20 bits per heavy atom. The number of para-hydroxylation sites is 2. The van der Waals surface area contributed by atoms with E-state index in [-0.39, 0.29) is 11.8 Å². The van der Waals surface area contributed by atoms with Gasteiger partial charge in [-0.1, -0.05) is 12.1 Å². The number of aromatic nitrogens is 2. The van der Waals surface area contributed by atoms with Crippen molar-refractivity contribution >= 4 is 28.4 Å². The summed E-state index contributed by atoms with van der Waals surface area (Å²) in [6.45, 7) is 3.38. The van der Waals surface area contributed by atoms with Gasteiger partial charge in [0.2, 0.25) is 5.91 Å². The van der Waals surface area contributed by atoms with Crippen molar-refractivity contribution in [2.75, 3.05) is 18.0 Å². The van der Waals surface area contributed by atoms with Crippen molar-refractivity contribution in [3.63, 3.8) is 0 Å². The predicted octanol–water partition coefficient (Wildman–Crippen LogP) is 2.37. The van der Waals surface area contributed by atoms with Gasteiger partial charge in [-0.25, -0.2) is 4.98 Å². The summed E-state index contributed by atoms with van der Waals surface area (Å²) in [5, 5.41) is 9.58. The van der Waals surface area contributed by atoms with Crippen molar-refractivity contribution in [2.45, 2.75) is 19.8 Å². The number of nitriles is 1. The van der Waals surface area contributed by atoms with Crippen molar-refractivity contribution in [3.8, 4) is 6.07 Å². The number of pyridine rings is 1. The fraction of sp³-hybridized carbons (Fsp3) is 0.316. The lowest BCUT2D eigenvalue weighted by Crippen LogP contribution is -2.41. The Morgan fingerprint density at radius 1 is 1.40 bits per heavy atom. The zero-order valence-corrected chi connectivity index (χ0v) is 14.1. The predicted molar refractivity (Wildman–Crippen MR) is 96.3 cm³/mol. The van der Waals surface area contributed by atoms with Gasteiger partial charge < -0.3 is 10.6 Å². The van der Waals surface area contributed by atoms with Crippen molar-refractivity contribution in [1.82, 2.24) is 9.38 Å². The van der Waals surface area contributed by atoms with E-state index in [1.165, 1.54) is 0 Å². The number of carbonyl (C=O) groups is 1. The van der Waals surface area contributed by atoms with E-state index in [2.05, 4.69) is 16.0 Å². The molecule has 0 spiro atoms. The maximum Gasteiger partial charge on any atom is 0.222 e. The highest BCUT2D eigenvalue weighted by Crippen LogP contribution is 2.31. The summed E-state index contributed by atoms with van der Waals surface area (Å²) in [5.74, 6) is 0.572. The molecule has 1 saturated heterocycles. The van der Waals surface area contributed by atoms with Gasteiger partial charge in [-0.3, -0.25) is 9.20 Å². The first kappa shape index (κ1) is 15.5. The Hall–Kier alpha value is -3.07. The zero-order chi connectivity index (χ0) is 17.6. The third kappa shape index (κ3) is 2.40. The number of benzene rings is 1. The monoisotopic (exact) mass is 333 g/mol. The Morgan fingerprint density at radius 3 is 2.96 bits per heavy atom. The number of piperidine rings is 1. The van der Waals surface area contributed by atoms with Gasteiger partial charge >= 0.3 is 0 Å². The average Bonchev–Trinajstić information content (AvgIpc) is 3.00. The molecule has 0 bridgehead atoms. The van der Waals surface area contributed by atoms with Crippen LogP contribution in [0.15, 0.2) is 30.3 Å². The van der Waals surface area contributed by atoms with Crippen LogP contribution in [0.2, 0.25) is 0 Å². The fourth-order valence-corrected chi connectivity index (χ4v) is 3.72. The molecule has 0 radical (unpaired) electrons. The van der Waals surface area contributed by atoms with Gasteiger partial charge in [-0.05, 0) is 43.5 Å². The molecule has 3 aromatic rings. The van der Waals surface area contributed by atoms with E-state index in [1.807, 2.05) is 41.7 Å². The van der Waals surface area contributed by atoms with E-state index in [1.54, 1.807) is 0 Å². The van der Waals surface area contributed by atoms with Gasteiger partial charge in [0.05, 0.1) is 22.5 Å². The molecule has 2 N–H and O–H groups in total. The number of carbonyl (C=O) groups excluding carboxylic acids is 1. The van der Waals surface area contributed by atoms with E-state index < -0.39 is 0 Å². The number of amides is 1. The van der Waals surface area contributed by atoms with Gasteiger partial charge in [0, 0.05) is 13.1 Å². The van der Waals surface area contributed by atoms with E-state index >= 15 is 0 Å². The van der Waals surface area contributed by atoms with Crippen molar-refractivity contribution in [3.05, 3.63) is 41.5 Å². The van der Waals surface area contributed by atoms with Crippen molar-refractivity contribution < 1.29 is 4.79 Å². The molecule has 0 unspecified atom stereocenters. The molecule has 126 valence electrons. The maximum absolute atomic E-state index is 11.7. The van der Waals surface area contributed by atoms with Crippen LogP contribution in [-0.2, 0) is 4.79 Å². The summed E-state index contributed by atoms with van der Waals surface area (Å²) in [6, 6.07) is 12.2. The quantitative estimate of drug-likeness (QED) is 0.780. The molecule has 1 aromatic carbocycles. The third-order valence-electron chi connectivity index (χ3n) is 5.01. The lowest BCUT2D eigenvalue weighted by atomic mass is 9.97. The lowest BCUT2D eigenvalue weighted by Gasteiger charge is -2.33. The summed E-state index contributed by atoms with van der Waals surface area (Å²) in [5.41, 5.74) is 9.50. The van der Waals surface area contributed by atoms with E-state index in [9.17, 15) is 10.1 Å². The van der Waals surface area contributed by atoms with Gasteiger partial charge in [0.1, 0.15) is 11.9 Å². The molecular weight excluding hydrogens is 314 g/mol. The topological polar surface area (TPSA) is 87.4 Å². The molecule has 3 heterocycles. The molecule has 1 atom stereocenters. The lowest BCUT2D eigenvalue weighted by molar-refractivity contribution is -0.122. The molecule has 6 heteroatoms. The standard InChI is InChI=1S/C19H19N5O/c1-12-9-17(23-8-4-5-13(11-23)18(21)25)24-16-7-3-2-6-15(16)22-19(24)14(12)10-20/h2-3,6-7,9,13H,4-5,8,11H2,1H3,(H2,21,25)/t13-/m1/s1.